The summed E-state index contributed by atoms with van der Waals surface area (Å²) in [7, 11) is 0. The molecule has 1 atom stereocenters. The summed E-state index contributed by atoms with van der Waals surface area (Å²) < 4.78 is 1.60. The fourth-order valence-corrected chi connectivity index (χ4v) is 2.86. The Labute approximate surface area is 146 Å². The topological polar surface area (TPSA) is 113 Å². The monoisotopic (exact) mass is 347 g/mol. The molecule has 3 N–H and O–H groups in total. The number of carboxylic acids is 1. The van der Waals surface area contributed by atoms with Crippen molar-refractivity contribution < 1.29 is 14.7 Å². The Morgan fingerprint density at radius 1 is 1.36 bits per heavy atom. The summed E-state index contributed by atoms with van der Waals surface area (Å²) in [5.74, 6) is -1.18. The van der Waals surface area contributed by atoms with Crippen LogP contribution in [-0.2, 0) is 17.8 Å². The van der Waals surface area contributed by atoms with Crippen molar-refractivity contribution in [3.05, 3.63) is 34.4 Å². The molecule has 0 aliphatic heterocycles. The molecular formula is C17H25N5O3. The van der Waals surface area contributed by atoms with E-state index in [4.69, 9.17) is 0 Å². The molecule has 0 aliphatic rings. The van der Waals surface area contributed by atoms with Gasteiger partial charge in [-0.1, -0.05) is 13.8 Å². The van der Waals surface area contributed by atoms with E-state index in [9.17, 15) is 14.7 Å². The van der Waals surface area contributed by atoms with Gasteiger partial charge in [-0.15, -0.1) is 0 Å². The van der Waals surface area contributed by atoms with E-state index in [1.807, 2.05) is 6.92 Å². The van der Waals surface area contributed by atoms with Crippen LogP contribution in [0.4, 0.5) is 0 Å². The summed E-state index contributed by atoms with van der Waals surface area (Å²) in [4.78, 5) is 24.4. The SMILES string of the molecule is CCn1nc(CC(C)C)cc1C(=O)NC(C(=O)O)c1c(C)n[nH]c1C. The minimum Gasteiger partial charge on any atom is -0.479 e. The van der Waals surface area contributed by atoms with Crippen LogP contribution in [0, 0.1) is 19.8 Å². The Hall–Kier alpha value is -2.64. The van der Waals surface area contributed by atoms with Crippen molar-refractivity contribution in [2.45, 2.75) is 53.6 Å². The first-order valence-electron chi connectivity index (χ1n) is 8.36. The van der Waals surface area contributed by atoms with Crippen molar-refractivity contribution in [1.29, 1.82) is 0 Å². The minimum absolute atomic E-state index is 0.364. The smallest absolute Gasteiger partial charge is 0.331 e. The highest BCUT2D eigenvalue weighted by Gasteiger charge is 2.29. The Bertz CT molecular complexity index is 756. The molecule has 1 amide bonds. The molecule has 8 heteroatoms. The molecule has 0 bridgehead atoms. The molecule has 0 saturated heterocycles. The Balaban J connectivity index is 2.30. The number of aliphatic carboxylic acids is 1. The first-order chi connectivity index (χ1) is 11.7. The quantitative estimate of drug-likeness (QED) is 0.709. The van der Waals surface area contributed by atoms with Crippen LogP contribution in [0.5, 0.6) is 0 Å². The maximum Gasteiger partial charge on any atom is 0.331 e. The van der Waals surface area contributed by atoms with Crippen molar-refractivity contribution >= 4 is 11.9 Å². The second kappa shape index (κ2) is 7.50. The number of aryl methyl sites for hydroxylation is 3. The summed E-state index contributed by atoms with van der Waals surface area (Å²) in [5, 5.41) is 23.4. The lowest BCUT2D eigenvalue weighted by atomic mass is 10.0. The number of nitrogens with zero attached hydrogens (tertiary/aromatic N) is 3. The second-order valence-electron chi connectivity index (χ2n) is 6.53. The third-order valence-corrected chi connectivity index (χ3v) is 3.98. The highest BCUT2D eigenvalue weighted by molar-refractivity contribution is 5.95. The molecule has 2 aromatic rings. The van der Waals surface area contributed by atoms with Crippen molar-refractivity contribution in [2.75, 3.05) is 0 Å². The number of hydrogen-bond acceptors (Lipinski definition) is 4. The van der Waals surface area contributed by atoms with Crippen molar-refractivity contribution in [2.24, 2.45) is 5.92 Å². The molecule has 2 rings (SSSR count). The molecule has 0 spiro atoms. The molecule has 0 aliphatic carbocycles. The highest BCUT2D eigenvalue weighted by atomic mass is 16.4. The predicted molar refractivity (Wildman–Crippen MR) is 92.3 cm³/mol. The van der Waals surface area contributed by atoms with Gasteiger partial charge in [0, 0.05) is 17.8 Å². The number of aromatic nitrogens is 4. The van der Waals surface area contributed by atoms with Gasteiger partial charge in [0.15, 0.2) is 6.04 Å². The highest BCUT2D eigenvalue weighted by Crippen LogP contribution is 2.21. The van der Waals surface area contributed by atoms with Gasteiger partial charge in [-0.05, 0) is 39.2 Å². The van der Waals surface area contributed by atoms with Crippen molar-refractivity contribution in [1.82, 2.24) is 25.3 Å². The molecule has 2 aromatic heterocycles. The van der Waals surface area contributed by atoms with Crippen molar-refractivity contribution in [3.63, 3.8) is 0 Å². The van der Waals surface area contributed by atoms with Gasteiger partial charge < -0.3 is 10.4 Å². The number of aromatic amines is 1. The van der Waals surface area contributed by atoms with E-state index < -0.39 is 17.9 Å². The number of carbonyl (C=O) groups is 2. The average Bonchev–Trinajstić information content (AvgIpc) is 3.07. The number of carboxylic acid groups (broad SMARTS) is 1. The van der Waals surface area contributed by atoms with E-state index in [0.717, 1.165) is 12.1 Å². The third kappa shape index (κ3) is 4.07. The van der Waals surface area contributed by atoms with Crippen LogP contribution < -0.4 is 5.32 Å². The van der Waals surface area contributed by atoms with Gasteiger partial charge >= 0.3 is 5.97 Å². The standard InChI is InChI=1S/C17H25N5O3/c1-6-22-13(8-12(21-22)7-9(2)3)16(23)18-15(17(24)25)14-10(4)19-20-11(14)5/h8-9,15H,6-7H2,1-5H3,(H,18,23)(H,19,20)(H,24,25). The number of amides is 1. The van der Waals surface area contributed by atoms with Gasteiger partial charge in [0.2, 0.25) is 0 Å². The van der Waals surface area contributed by atoms with Gasteiger partial charge in [-0.3, -0.25) is 14.6 Å². The lowest BCUT2D eigenvalue weighted by Gasteiger charge is -2.15. The van der Waals surface area contributed by atoms with Crippen LogP contribution in [0.15, 0.2) is 6.07 Å². The molecule has 136 valence electrons. The molecule has 1 unspecified atom stereocenters. The number of rotatable bonds is 7. The van der Waals surface area contributed by atoms with Gasteiger partial charge in [0.1, 0.15) is 5.69 Å². The maximum absolute atomic E-state index is 12.7. The lowest BCUT2D eigenvalue weighted by Crippen LogP contribution is -2.35. The zero-order chi connectivity index (χ0) is 18.7. The third-order valence-electron chi connectivity index (χ3n) is 3.98. The van der Waals surface area contributed by atoms with Crippen LogP contribution >= 0.6 is 0 Å². The fourth-order valence-electron chi connectivity index (χ4n) is 2.86. The number of hydrogen-bond donors (Lipinski definition) is 3. The number of nitrogens with one attached hydrogen (secondary N) is 2. The summed E-state index contributed by atoms with van der Waals surface area (Å²) >= 11 is 0. The van der Waals surface area contributed by atoms with Crippen LogP contribution in [0.25, 0.3) is 0 Å². The van der Waals surface area contributed by atoms with Crippen LogP contribution in [0.3, 0.4) is 0 Å². The Morgan fingerprint density at radius 2 is 2.04 bits per heavy atom. The van der Waals surface area contributed by atoms with Gasteiger partial charge in [-0.25, -0.2) is 4.79 Å². The number of carbonyl (C=O) groups excluding carboxylic acids is 1. The average molecular weight is 347 g/mol. The Kier molecular flexibility index (Phi) is 5.61. The van der Waals surface area contributed by atoms with Gasteiger partial charge in [0.05, 0.1) is 11.4 Å². The van der Waals surface area contributed by atoms with Crippen LogP contribution in [-0.4, -0.2) is 37.0 Å². The molecule has 0 fully saturated rings. The molecule has 25 heavy (non-hydrogen) atoms. The fraction of sp³-hybridized carbons (Fsp3) is 0.529. The van der Waals surface area contributed by atoms with Gasteiger partial charge in [0.25, 0.3) is 5.91 Å². The summed E-state index contributed by atoms with van der Waals surface area (Å²) in [6, 6.07) is 0.562. The normalized spacial score (nSPS) is 12.4. The lowest BCUT2D eigenvalue weighted by molar-refractivity contribution is -0.139. The summed E-state index contributed by atoms with van der Waals surface area (Å²) in [6.45, 7) is 10.0. The van der Waals surface area contributed by atoms with Crippen LogP contribution in [0.2, 0.25) is 0 Å². The van der Waals surface area contributed by atoms with E-state index in [0.29, 0.717) is 35.1 Å². The summed E-state index contributed by atoms with van der Waals surface area (Å²) in [6.07, 6.45) is 0.760. The second-order valence-corrected chi connectivity index (χ2v) is 6.53. The first-order valence-corrected chi connectivity index (χ1v) is 8.36. The van der Waals surface area contributed by atoms with E-state index in [-0.39, 0.29) is 0 Å². The Morgan fingerprint density at radius 3 is 2.52 bits per heavy atom. The molecular weight excluding hydrogens is 322 g/mol. The van der Waals surface area contributed by atoms with Gasteiger partial charge in [-0.2, -0.15) is 10.2 Å². The van der Waals surface area contributed by atoms with E-state index in [2.05, 4.69) is 34.5 Å². The molecule has 2 heterocycles. The van der Waals surface area contributed by atoms with E-state index >= 15 is 0 Å². The molecule has 0 saturated carbocycles. The largest absolute Gasteiger partial charge is 0.479 e. The van der Waals surface area contributed by atoms with Crippen molar-refractivity contribution in [3.8, 4) is 0 Å². The van der Waals surface area contributed by atoms with E-state index in [1.165, 1.54) is 0 Å². The molecule has 0 radical (unpaired) electrons. The number of H-pyrrole nitrogens is 1. The molecule has 8 nitrogen and oxygen atoms in total. The van der Waals surface area contributed by atoms with Crippen LogP contribution in [0.1, 0.15) is 59.9 Å². The zero-order valence-electron chi connectivity index (χ0n) is 15.3. The minimum atomic E-state index is -1.17. The first kappa shape index (κ1) is 18.7. The summed E-state index contributed by atoms with van der Waals surface area (Å²) in [5.41, 5.74) is 2.84. The predicted octanol–water partition coefficient (Wildman–Crippen LogP) is 2.00. The molecule has 0 aromatic carbocycles. The maximum atomic E-state index is 12.7. The zero-order valence-corrected chi connectivity index (χ0v) is 15.3. The van der Waals surface area contributed by atoms with E-state index in [1.54, 1.807) is 24.6 Å².